The summed E-state index contributed by atoms with van der Waals surface area (Å²) < 4.78 is 56.0. The van der Waals surface area contributed by atoms with Gasteiger partial charge in [-0.1, -0.05) is 0 Å². The SMILES string of the molecule is NS(=O)(=O)c1cnn(CC(=O)N2CCOCC2c2cc(F)cc(F)c2)c1. The topological polar surface area (TPSA) is 108 Å². The van der Waals surface area contributed by atoms with Gasteiger partial charge >= 0.3 is 0 Å². The number of hydrogen-bond donors (Lipinski definition) is 1. The number of sulfonamides is 1. The first-order valence-corrected chi connectivity index (χ1v) is 9.17. The van der Waals surface area contributed by atoms with E-state index in [0.717, 1.165) is 35.3 Å². The van der Waals surface area contributed by atoms with Gasteiger partial charge in [0.15, 0.2) is 0 Å². The summed E-state index contributed by atoms with van der Waals surface area (Å²) >= 11 is 0. The van der Waals surface area contributed by atoms with E-state index in [0.29, 0.717) is 0 Å². The molecule has 0 spiro atoms. The molecule has 0 bridgehead atoms. The molecular weight excluding hydrogens is 370 g/mol. The van der Waals surface area contributed by atoms with Crippen molar-refractivity contribution >= 4 is 15.9 Å². The minimum absolute atomic E-state index is 0.0934. The van der Waals surface area contributed by atoms with Crippen LogP contribution in [0.2, 0.25) is 0 Å². The summed E-state index contributed by atoms with van der Waals surface area (Å²) in [5.41, 5.74) is 0.279. The van der Waals surface area contributed by atoms with Crippen LogP contribution in [-0.2, 0) is 26.1 Å². The molecule has 1 unspecified atom stereocenters. The van der Waals surface area contributed by atoms with Gasteiger partial charge in [-0.3, -0.25) is 9.48 Å². The Morgan fingerprint density at radius 2 is 2.00 bits per heavy atom. The van der Waals surface area contributed by atoms with Gasteiger partial charge < -0.3 is 9.64 Å². The highest BCUT2D eigenvalue weighted by Gasteiger charge is 2.29. The number of aromatic nitrogens is 2. The summed E-state index contributed by atoms with van der Waals surface area (Å²) in [5.74, 6) is -1.89. The maximum absolute atomic E-state index is 13.5. The van der Waals surface area contributed by atoms with E-state index in [1.54, 1.807) is 0 Å². The molecule has 1 fully saturated rings. The fourth-order valence-electron chi connectivity index (χ4n) is 2.75. The molecule has 1 aliphatic heterocycles. The Bertz CT molecular complexity index is 911. The molecule has 1 aromatic heterocycles. The summed E-state index contributed by atoms with van der Waals surface area (Å²) in [6.07, 6.45) is 2.19. The first kappa shape index (κ1) is 18.4. The third-order valence-electron chi connectivity index (χ3n) is 3.95. The predicted octanol–water partition coefficient (Wildman–Crippen LogP) is 0.409. The number of carbonyl (C=O) groups is 1. The van der Waals surface area contributed by atoms with E-state index < -0.39 is 33.6 Å². The molecule has 1 amide bonds. The molecule has 3 rings (SSSR count). The quantitative estimate of drug-likeness (QED) is 0.819. The number of rotatable bonds is 4. The average Bonchev–Trinajstić information content (AvgIpc) is 3.02. The largest absolute Gasteiger partial charge is 0.377 e. The van der Waals surface area contributed by atoms with Gasteiger partial charge in [0.25, 0.3) is 0 Å². The number of nitrogens with two attached hydrogens (primary N) is 1. The molecule has 1 saturated heterocycles. The average molecular weight is 386 g/mol. The van der Waals surface area contributed by atoms with Gasteiger partial charge in [0.1, 0.15) is 23.1 Å². The second-order valence-electron chi connectivity index (χ2n) is 5.80. The first-order valence-electron chi connectivity index (χ1n) is 7.62. The van der Waals surface area contributed by atoms with Gasteiger partial charge in [0.05, 0.1) is 25.5 Å². The maximum Gasteiger partial charge on any atom is 0.244 e. The molecule has 0 radical (unpaired) electrons. The maximum atomic E-state index is 13.5. The Kier molecular flexibility index (Phi) is 5.03. The molecule has 2 N–H and O–H groups in total. The predicted molar refractivity (Wildman–Crippen MR) is 85.2 cm³/mol. The fourth-order valence-corrected chi connectivity index (χ4v) is 3.22. The van der Waals surface area contributed by atoms with Crippen molar-refractivity contribution < 1.29 is 26.7 Å². The van der Waals surface area contributed by atoms with Gasteiger partial charge in [-0.15, -0.1) is 0 Å². The van der Waals surface area contributed by atoms with Crippen molar-refractivity contribution in [3.63, 3.8) is 0 Å². The smallest absolute Gasteiger partial charge is 0.244 e. The number of nitrogens with zero attached hydrogens (tertiary/aromatic N) is 3. The van der Waals surface area contributed by atoms with Gasteiger partial charge in [0, 0.05) is 18.8 Å². The lowest BCUT2D eigenvalue weighted by molar-refractivity contribution is -0.141. The van der Waals surface area contributed by atoms with Crippen molar-refractivity contribution in [2.45, 2.75) is 17.5 Å². The lowest BCUT2D eigenvalue weighted by Crippen LogP contribution is -2.44. The molecule has 2 heterocycles. The second kappa shape index (κ2) is 7.09. The normalized spacial score (nSPS) is 18.1. The Hall–Kier alpha value is -2.37. The van der Waals surface area contributed by atoms with E-state index in [1.165, 1.54) is 4.90 Å². The van der Waals surface area contributed by atoms with E-state index >= 15 is 0 Å². The number of halogens is 2. The van der Waals surface area contributed by atoms with Crippen molar-refractivity contribution in [2.75, 3.05) is 19.8 Å². The van der Waals surface area contributed by atoms with Crippen LogP contribution in [-0.4, -0.2) is 48.8 Å². The summed E-state index contributed by atoms with van der Waals surface area (Å²) in [6.45, 7) is 0.354. The number of morpholine rings is 1. The van der Waals surface area contributed by atoms with E-state index in [-0.39, 0.29) is 36.8 Å². The van der Waals surface area contributed by atoms with Crippen LogP contribution in [0, 0.1) is 11.6 Å². The fraction of sp³-hybridized carbons (Fsp3) is 0.333. The Balaban J connectivity index is 1.81. The van der Waals surface area contributed by atoms with Crippen molar-refractivity contribution in [3.05, 3.63) is 47.8 Å². The molecule has 8 nitrogen and oxygen atoms in total. The minimum Gasteiger partial charge on any atom is -0.377 e. The zero-order valence-electron chi connectivity index (χ0n) is 13.5. The van der Waals surface area contributed by atoms with Crippen LogP contribution in [0.4, 0.5) is 8.78 Å². The third-order valence-corrected chi connectivity index (χ3v) is 4.82. The first-order chi connectivity index (χ1) is 12.2. The Morgan fingerprint density at radius 1 is 1.31 bits per heavy atom. The van der Waals surface area contributed by atoms with Crippen LogP contribution in [0.15, 0.2) is 35.5 Å². The number of primary sulfonamides is 1. The number of ether oxygens (including phenoxy) is 1. The Labute approximate surface area is 148 Å². The molecule has 26 heavy (non-hydrogen) atoms. The van der Waals surface area contributed by atoms with E-state index in [1.807, 2.05) is 0 Å². The molecule has 2 aromatic rings. The van der Waals surface area contributed by atoms with Crippen molar-refractivity contribution in [1.29, 1.82) is 0 Å². The van der Waals surface area contributed by atoms with Gasteiger partial charge in [0.2, 0.25) is 15.9 Å². The minimum atomic E-state index is -3.92. The van der Waals surface area contributed by atoms with Crippen LogP contribution >= 0.6 is 0 Å². The number of amides is 1. The van der Waals surface area contributed by atoms with Gasteiger partial charge in [-0.05, 0) is 17.7 Å². The highest BCUT2D eigenvalue weighted by atomic mass is 32.2. The molecule has 140 valence electrons. The van der Waals surface area contributed by atoms with Crippen LogP contribution in [0.3, 0.4) is 0 Å². The van der Waals surface area contributed by atoms with Crippen LogP contribution in [0.25, 0.3) is 0 Å². The van der Waals surface area contributed by atoms with Crippen LogP contribution < -0.4 is 5.14 Å². The van der Waals surface area contributed by atoms with Crippen LogP contribution in [0.1, 0.15) is 11.6 Å². The second-order valence-corrected chi connectivity index (χ2v) is 7.36. The van der Waals surface area contributed by atoms with Crippen molar-refractivity contribution in [2.24, 2.45) is 5.14 Å². The standard InChI is InChI=1S/C15H16F2N4O4S/c16-11-3-10(4-12(17)5-11)14-9-25-2-1-21(14)15(22)8-20-7-13(6-19-20)26(18,23)24/h3-7,14H,1-2,8-9H2,(H2,18,23,24). The number of hydrogen-bond acceptors (Lipinski definition) is 5. The highest BCUT2D eigenvalue weighted by molar-refractivity contribution is 7.89. The summed E-state index contributed by atoms with van der Waals surface area (Å²) in [7, 11) is -3.92. The number of carbonyl (C=O) groups excluding carboxylic acids is 1. The molecule has 0 aliphatic carbocycles. The summed E-state index contributed by atoms with van der Waals surface area (Å²) in [6, 6.07) is 2.39. The molecule has 11 heteroatoms. The molecule has 1 aromatic carbocycles. The summed E-state index contributed by atoms with van der Waals surface area (Å²) in [4.78, 5) is 13.8. The van der Waals surface area contributed by atoms with Crippen molar-refractivity contribution in [1.82, 2.24) is 14.7 Å². The van der Waals surface area contributed by atoms with Gasteiger partial charge in [-0.25, -0.2) is 22.3 Å². The molecule has 1 atom stereocenters. The number of benzene rings is 1. The zero-order valence-corrected chi connectivity index (χ0v) is 14.3. The lowest BCUT2D eigenvalue weighted by Gasteiger charge is -2.36. The van der Waals surface area contributed by atoms with E-state index in [9.17, 15) is 22.0 Å². The Morgan fingerprint density at radius 3 is 2.62 bits per heavy atom. The van der Waals surface area contributed by atoms with Crippen LogP contribution in [0.5, 0.6) is 0 Å². The monoisotopic (exact) mass is 386 g/mol. The molecule has 0 saturated carbocycles. The summed E-state index contributed by atoms with van der Waals surface area (Å²) in [5, 5.41) is 8.81. The lowest BCUT2D eigenvalue weighted by atomic mass is 10.0. The molecule has 1 aliphatic rings. The third kappa shape index (κ3) is 4.06. The molecular formula is C15H16F2N4O4S. The highest BCUT2D eigenvalue weighted by Crippen LogP contribution is 2.26. The van der Waals surface area contributed by atoms with Crippen molar-refractivity contribution in [3.8, 4) is 0 Å². The van der Waals surface area contributed by atoms with Gasteiger partial charge in [-0.2, -0.15) is 5.10 Å². The van der Waals surface area contributed by atoms with E-state index in [4.69, 9.17) is 9.88 Å². The zero-order chi connectivity index (χ0) is 18.9. The van der Waals surface area contributed by atoms with E-state index in [2.05, 4.69) is 5.10 Å².